The van der Waals surface area contributed by atoms with Crippen molar-refractivity contribution >= 4 is 11.8 Å². The predicted octanol–water partition coefficient (Wildman–Crippen LogP) is 1.19. The Kier molecular flexibility index (Phi) is 2.87. The first-order valence-corrected chi connectivity index (χ1v) is 3.96. The minimum Gasteiger partial charge on any atom is -0.461 e. The van der Waals surface area contributed by atoms with Gasteiger partial charge in [-0.25, -0.2) is 4.79 Å². The number of nitrogen functional groups attached to an aromatic ring is 1. The van der Waals surface area contributed by atoms with Crippen molar-refractivity contribution < 1.29 is 22.7 Å². The SMILES string of the molecule is CCOC(=O)c1[nH]nc(N)c1C(F)(F)F. The number of carbonyl (C=O) groups excluding carboxylic acids is 1. The number of nitrogens with two attached hydrogens (primary N) is 1. The first-order valence-electron chi connectivity index (χ1n) is 3.96. The van der Waals surface area contributed by atoms with Gasteiger partial charge in [0.15, 0.2) is 11.5 Å². The standard InChI is InChI=1S/C7H8F3N3O2/c1-2-15-6(14)4-3(7(8,9)10)5(11)13-12-4/h2H2,1H3,(H3,11,12,13). The Morgan fingerprint density at radius 3 is 2.67 bits per heavy atom. The molecule has 15 heavy (non-hydrogen) atoms. The lowest BCUT2D eigenvalue weighted by Gasteiger charge is -2.06. The van der Waals surface area contributed by atoms with E-state index in [2.05, 4.69) is 9.84 Å². The van der Waals surface area contributed by atoms with Gasteiger partial charge in [-0.15, -0.1) is 0 Å². The largest absolute Gasteiger partial charge is 0.461 e. The van der Waals surface area contributed by atoms with Gasteiger partial charge in [-0.1, -0.05) is 0 Å². The molecule has 0 atom stereocenters. The molecular weight excluding hydrogens is 215 g/mol. The lowest BCUT2D eigenvalue weighted by molar-refractivity contribution is -0.137. The molecule has 0 aliphatic rings. The van der Waals surface area contributed by atoms with Gasteiger partial charge in [0.2, 0.25) is 0 Å². The van der Waals surface area contributed by atoms with E-state index in [-0.39, 0.29) is 6.61 Å². The second kappa shape index (κ2) is 3.79. The molecule has 5 nitrogen and oxygen atoms in total. The van der Waals surface area contributed by atoms with E-state index in [4.69, 9.17) is 5.73 Å². The highest BCUT2D eigenvalue weighted by Gasteiger charge is 2.40. The number of halogens is 3. The fourth-order valence-corrected chi connectivity index (χ4v) is 0.994. The number of esters is 1. The molecule has 8 heteroatoms. The van der Waals surface area contributed by atoms with Crippen molar-refractivity contribution in [1.29, 1.82) is 0 Å². The van der Waals surface area contributed by atoms with E-state index in [1.165, 1.54) is 6.92 Å². The molecule has 0 aliphatic carbocycles. The molecule has 0 amide bonds. The molecule has 0 saturated heterocycles. The van der Waals surface area contributed by atoms with E-state index < -0.39 is 29.2 Å². The Labute approximate surface area is 82.4 Å². The molecule has 1 rings (SSSR count). The summed E-state index contributed by atoms with van der Waals surface area (Å²) in [4.78, 5) is 11.1. The molecule has 0 radical (unpaired) electrons. The average Bonchev–Trinajstić information content (AvgIpc) is 2.46. The minimum absolute atomic E-state index is 0.0327. The first kappa shape index (κ1) is 11.3. The van der Waals surface area contributed by atoms with Crippen LogP contribution in [-0.4, -0.2) is 22.8 Å². The highest BCUT2D eigenvalue weighted by Crippen LogP contribution is 2.35. The molecule has 0 unspecified atom stereocenters. The van der Waals surface area contributed by atoms with Crippen LogP contribution in [0.5, 0.6) is 0 Å². The summed E-state index contributed by atoms with van der Waals surface area (Å²) in [5.74, 6) is -1.90. The van der Waals surface area contributed by atoms with Gasteiger partial charge in [-0.3, -0.25) is 5.10 Å². The van der Waals surface area contributed by atoms with Gasteiger partial charge in [-0.2, -0.15) is 18.3 Å². The number of rotatable bonds is 2. The van der Waals surface area contributed by atoms with E-state index in [0.717, 1.165) is 0 Å². The third kappa shape index (κ3) is 2.20. The van der Waals surface area contributed by atoms with Gasteiger partial charge >= 0.3 is 12.1 Å². The van der Waals surface area contributed by atoms with Gasteiger partial charge in [0, 0.05) is 0 Å². The van der Waals surface area contributed by atoms with Gasteiger partial charge in [0.05, 0.1) is 6.61 Å². The van der Waals surface area contributed by atoms with Crippen molar-refractivity contribution in [1.82, 2.24) is 10.2 Å². The molecule has 1 aromatic heterocycles. The van der Waals surface area contributed by atoms with Crippen molar-refractivity contribution in [2.24, 2.45) is 0 Å². The van der Waals surface area contributed by atoms with Crippen LogP contribution in [0.15, 0.2) is 0 Å². The van der Waals surface area contributed by atoms with Gasteiger partial charge < -0.3 is 10.5 Å². The number of carbonyl (C=O) groups is 1. The Bertz CT molecular complexity index is 372. The second-order valence-electron chi connectivity index (χ2n) is 2.58. The maximum absolute atomic E-state index is 12.4. The quantitative estimate of drug-likeness (QED) is 0.738. The maximum atomic E-state index is 12.4. The van der Waals surface area contributed by atoms with Gasteiger partial charge in [-0.05, 0) is 6.92 Å². The van der Waals surface area contributed by atoms with E-state index in [0.29, 0.717) is 0 Å². The number of ether oxygens (including phenoxy) is 1. The summed E-state index contributed by atoms with van der Waals surface area (Å²) >= 11 is 0. The van der Waals surface area contributed by atoms with Gasteiger partial charge in [0.25, 0.3) is 0 Å². The molecule has 0 fully saturated rings. The van der Waals surface area contributed by atoms with Crippen molar-refractivity contribution in [3.05, 3.63) is 11.3 Å². The average molecular weight is 223 g/mol. The summed E-state index contributed by atoms with van der Waals surface area (Å²) in [7, 11) is 0. The Hall–Kier alpha value is -1.73. The lowest BCUT2D eigenvalue weighted by atomic mass is 10.2. The lowest BCUT2D eigenvalue weighted by Crippen LogP contribution is -2.15. The predicted molar refractivity (Wildman–Crippen MR) is 44.0 cm³/mol. The summed E-state index contributed by atoms with van der Waals surface area (Å²) in [5.41, 5.74) is 2.92. The molecule has 0 aromatic carbocycles. The summed E-state index contributed by atoms with van der Waals surface area (Å²) in [6.07, 6.45) is -4.74. The third-order valence-electron chi connectivity index (χ3n) is 1.56. The number of alkyl halides is 3. The summed E-state index contributed by atoms with van der Waals surface area (Å²) in [6.45, 7) is 1.44. The number of nitrogens with one attached hydrogen (secondary N) is 1. The van der Waals surface area contributed by atoms with Crippen LogP contribution in [0.3, 0.4) is 0 Å². The Balaban J connectivity index is 3.15. The molecule has 84 valence electrons. The van der Waals surface area contributed by atoms with Crippen LogP contribution in [0.1, 0.15) is 23.0 Å². The highest BCUT2D eigenvalue weighted by molar-refractivity contribution is 5.90. The van der Waals surface area contributed by atoms with E-state index in [9.17, 15) is 18.0 Å². The highest BCUT2D eigenvalue weighted by atomic mass is 19.4. The molecule has 0 spiro atoms. The van der Waals surface area contributed by atoms with Crippen molar-refractivity contribution in [3.8, 4) is 0 Å². The Morgan fingerprint density at radius 1 is 1.60 bits per heavy atom. The van der Waals surface area contributed by atoms with Crippen molar-refractivity contribution in [3.63, 3.8) is 0 Å². The number of hydrogen-bond acceptors (Lipinski definition) is 4. The van der Waals surface area contributed by atoms with Crippen LogP contribution in [0, 0.1) is 0 Å². The molecule has 0 bridgehead atoms. The summed E-state index contributed by atoms with van der Waals surface area (Å²) in [6, 6.07) is 0. The maximum Gasteiger partial charge on any atom is 0.422 e. The van der Waals surface area contributed by atoms with Crippen molar-refractivity contribution in [2.75, 3.05) is 12.3 Å². The van der Waals surface area contributed by atoms with Crippen LogP contribution in [0.4, 0.5) is 19.0 Å². The number of H-pyrrole nitrogens is 1. The number of hydrogen-bond donors (Lipinski definition) is 2. The van der Waals surface area contributed by atoms with Crippen LogP contribution in [0.25, 0.3) is 0 Å². The minimum atomic E-state index is -4.74. The van der Waals surface area contributed by atoms with Crippen molar-refractivity contribution in [2.45, 2.75) is 13.1 Å². The van der Waals surface area contributed by atoms with Gasteiger partial charge in [0.1, 0.15) is 5.56 Å². The zero-order chi connectivity index (χ0) is 11.6. The first-order chi connectivity index (χ1) is 6.88. The van der Waals surface area contributed by atoms with E-state index >= 15 is 0 Å². The van der Waals surface area contributed by atoms with Crippen LogP contribution in [-0.2, 0) is 10.9 Å². The fraction of sp³-hybridized carbons (Fsp3) is 0.429. The number of aromatic nitrogens is 2. The van der Waals surface area contributed by atoms with E-state index in [1.54, 1.807) is 0 Å². The summed E-state index contributed by atoms with van der Waals surface area (Å²) in [5, 5.41) is 5.01. The molecule has 3 N–H and O–H groups in total. The Morgan fingerprint density at radius 2 is 2.20 bits per heavy atom. The van der Waals surface area contributed by atoms with Crippen LogP contribution < -0.4 is 5.73 Å². The molecular formula is C7H8F3N3O2. The normalized spacial score (nSPS) is 11.5. The third-order valence-corrected chi connectivity index (χ3v) is 1.56. The van der Waals surface area contributed by atoms with Crippen LogP contribution >= 0.6 is 0 Å². The van der Waals surface area contributed by atoms with Crippen LogP contribution in [0.2, 0.25) is 0 Å². The molecule has 0 saturated carbocycles. The monoisotopic (exact) mass is 223 g/mol. The smallest absolute Gasteiger partial charge is 0.422 e. The topological polar surface area (TPSA) is 81.0 Å². The fourth-order valence-electron chi connectivity index (χ4n) is 0.994. The second-order valence-corrected chi connectivity index (χ2v) is 2.58. The van der Waals surface area contributed by atoms with E-state index in [1.807, 2.05) is 5.10 Å². The number of anilines is 1. The zero-order valence-corrected chi connectivity index (χ0v) is 7.68. The molecule has 0 aliphatic heterocycles. The molecule has 1 heterocycles. The number of nitrogens with zero attached hydrogens (tertiary/aromatic N) is 1. The molecule has 1 aromatic rings. The summed E-state index contributed by atoms with van der Waals surface area (Å²) < 4.78 is 41.6. The zero-order valence-electron chi connectivity index (χ0n) is 7.68. The number of aromatic amines is 1.